The van der Waals surface area contributed by atoms with Crippen molar-refractivity contribution in [2.24, 2.45) is 5.41 Å². The van der Waals surface area contributed by atoms with E-state index in [1.54, 1.807) is 0 Å². The molecular weight excluding hydrogens is 391 g/mol. The average molecular weight is 433 g/mol. The van der Waals surface area contributed by atoms with E-state index in [1.165, 1.54) is 51.8 Å². The first-order valence-electron chi connectivity index (χ1n) is 10.1. The van der Waals surface area contributed by atoms with E-state index < -0.39 is 18.8 Å². The van der Waals surface area contributed by atoms with E-state index in [0.717, 1.165) is 6.61 Å². The molecule has 1 heterocycles. The first kappa shape index (κ1) is 21.8. The zero-order valence-corrected chi connectivity index (χ0v) is 19.8. The zero-order chi connectivity index (χ0) is 17.6. The normalized spacial score (nSPS) is 19.2. The van der Waals surface area contributed by atoms with E-state index in [9.17, 15) is 0 Å². The van der Waals surface area contributed by atoms with Crippen molar-refractivity contribution in [2.45, 2.75) is 112 Å². The van der Waals surface area contributed by atoms with Gasteiger partial charge >= 0.3 is 151 Å². The Morgan fingerprint density at radius 2 is 1.26 bits per heavy atom. The zero-order valence-electron chi connectivity index (χ0n) is 17.0. The van der Waals surface area contributed by atoms with Gasteiger partial charge in [0.15, 0.2) is 0 Å². The summed E-state index contributed by atoms with van der Waals surface area (Å²) in [6.07, 6.45) is 8.38. The molecule has 23 heavy (non-hydrogen) atoms. The van der Waals surface area contributed by atoms with Crippen molar-refractivity contribution in [3.63, 3.8) is 0 Å². The van der Waals surface area contributed by atoms with Crippen LogP contribution in [0, 0.1) is 5.41 Å². The predicted octanol–water partition coefficient (Wildman–Crippen LogP) is 6.55. The molecule has 3 heteroatoms. The Labute approximate surface area is 150 Å². The van der Waals surface area contributed by atoms with E-state index in [4.69, 9.17) is 7.81 Å². The average Bonchev–Trinajstić information content (AvgIpc) is 3.33. The second-order valence-corrected chi connectivity index (χ2v) is 20.3. The molecule has 0 aromatic heterocycles. The van der Waals surface area contributed by atoms with Crippen LogP contribution < -0.4 is 0 Å². The molecule has 1 unspecified atom stereocenters. The quantitative estimate of drug-likeness (QED) is 0.243. The van der Waals surface area contributed by atoms with Gasteiger partial charge in [0, 0.05) is 0 Å². The number of epoxide rings is 1. The number of unbranched alkanes of at least 4 members (excludes halogenated alkanes) is 3. The van der Waals surface area contributed by atoms with Crippen molar-refractivity contribution in [2.75, 3.05) is 6.61 Å². The maximum atomic E-state index is 7.23. The first-order valence-corrected chi connectivity index (χ1v) is 17.3. The molecule has 1 atom stereocenters. The molecule has 0 saturated carbocycles. The van der Waals surface area contributed by atoms with E-state index >= 15 is 0 Å². The van der Waals surface area contributed by atoms with E-state index in [1.807, 2.05) is 0 Å². The van der Waals surface area contributed by atoms with Gasteiger partial charge in [-0.05, 0) is 0 Å². The van der Waals surface area contributed by atoms with Crippen LogP contribution in [0.2, 0.25) is 13.3 Å². The monoisotopic (exact) mass is 434 g/mol. The molecule has 1 rings (SSSR count). The van der Waals surface area contributed by atoms with Gasteiger partial charge in [-0.25, -0.2) is 0 Å². The van der Waals surface area contributed by atoms with Crippen LogP contribution in [-0.4, -0.2) is 37.1 Å². The van der Waals surface area contributed by atoms with Crippen molar-refractivity contribution in [1.29, 1.82) is 0 Å². The molecule has 0 spiro atoms. The van der Waals surface area contributed by atoms with Crippen molar-refractivity contribution in [1.82, 2.24) is 0 Å². The fourth-order valence-corrected chi connectivity index (χ4v) is 18.9. The van der Waals surface area contributed by atoms with Gasteiger partial charge in [-0.15, -0.1) is 0 Å². The SMILES string of the molecule is CCC[CH2][Sn]([CH2]CCC)([CH2]CCC)[O]C(C)(C)C(C)(C)C1CO1. The van der Waals surface area contributed by atoms with Crippen LogP contribution in [0.3, 0.4) is 0 Å². The predicted molar refractivity (Wildman–Crippen MR) is 104 cm³/mol. The van der Waals surface area contributed by atoms with E-state index in [0.29, 0.717) is 6.10 Å². The molecule has 0 amide bonds. The summed E-state index contributed by atoms with van der Waals surface area (Å²) in [5.41, 5.74) is 0.0410. The van der Waals surface area contributed by atoms with Crippen molar-refractivity contribution < 1.29 is 7.81 Å². The fraction of sp³-hybridized carbons (Fsp3) is 1.00. The third-order valence-electron chi connectivity index (χ3n) is 6.12. The standard InChI is InChI=1S/C8H15O2.3C4H9.Sn/c1-7(2,6-5-10-6)8(3,4)9;3*1-3-4-2;/h6H,5H2,1-4H3;3*1,3-4H2,2H3;/q-1;;;;+1. The Balaban J connectivity index is 2.94. The molecule has 1 saturated heterocycles. The topological polar surface area (TPSA) is 21.8 Å². The second kappa shape index (κ2) is 9.43. The minimum atomic E-state index is -2.56. The molecule has 1 aliphatic heterocycles. The van der Waals surface area contributed by atoms with E-state index in [-0.39, 0.29) is 11.0 Å². The Morgan fingerprint density at radius 1 is 0.870 bits per heavy atom. The third kappa shape index (κ3) is 6.18. The molecule has 138 valence electrons. The number of hydrogen-bond acceptors (Lipinski definition) is 2. The summed E-state index contributed by atoms with van der Waals surface area (Å²) in [7, 11) is 0. The van der Waals surface area contributed by atoms with Gasteiger partial charge in [0.2, 0.25) is 0 Å². The van der Waals surface area contributed by atoms with Gasteiger partial charge in [0.05, 0.1) is 0 Å². The van der Waals surface area contributed by atoms with Crippen molar-refractivity contribution in [3.05, 3.63) is 0 Å². The summed E-state index contributed by atoms with van der Waals surface area (Å²) in [5.74, 6) is 0. The molecule has 1 fully saturated rings. The molecule has 0 N–H and O–H groups in total. The van der Waals surface area contributed by atoms with Gasteiger partial charge in [0.1, 0.15) is 0 Å². The Bertz CT molecular complexity index is 313. The molecule has 0 aromatic rings. The molecule has 0 radical (unpaired) electrons. The Kier molecular flexibility index (Phi) is 8.92. The van der Waals surface area contributed by atoms with Gasteiger partial charge in [0.25, 0.3) is 0 Å². The number of hydrogen-bond donors (Lipinski definition) is 0. The van der Waals surface area contributed by atoms with Crippen LogP contribution in [0.5, 0.6) is 0 Å². The summed E-state index contributed by atoms with van der Waals surface area (Å²) in [6, 6.07) is 0. The molecule has 1 aliphatic rings. The number of ether oxygens (including phenoxy) is 1. The van der Waals surface area contributed by atoms with Crippen LogP contribution in [-0.2, 0) is 7.81 Å². The summed E-state index contributed by atoms with van der Waals surface area (Å²) in [6.45, 7) is 17.3. The van der Waals surface area contributed by atoms with Crippen molar-refractivity contribution in [3.8, 4) is 0 Å². The molecule has 0 aromatic carbocycles. The van der Waals surface area contributed by atoms with Crippen LogP contribution in [0.15, 0.2) is 0 Å². The van der Waals surface area contributed by atoms with Gasteiger partial charge in [-0.3, -0.25) is 0 Å². The summed E-state index contributed by atoms with van der Waals surface area (Å²) < 4.78 is 17.1. The summed E-state index contributed by atoms with van der Waals surface area (Å²) >= 11 is -2.56. The third-order valence-corrected chi connectivity index (χ3v) is 19.6. The number of rotatable bonds is 13. The minimum absolute atomic E-state index is 0.0700. The van der Waals surface area contributed by atoms with Crippen molar-refractivity contribution >= 4 is 18.8 Å². The Morgan fingerprint density at radius 3 is 1.57 bits per heavy atom. The molecule has 0 bridgehead atoms. The molecule has 2 nitrogen and oxygen atoms in total. The van der Waals surface area contributed by atoms with Gasteiger partial charge in [-0.1, -0.05) is 0 Å². The maximum absolute atomic E-state index is 7.23. The first-order chi connectivity index (χ1) is 10.7. The fourth-order valence-electron chi connectivity index (χ4n) is 3.55. The summed E-state index contributed by atoms with van der Waals surface area (Å²) in [5, 5.41) is 0. The van der Waals surface area contributed by atoms with E-state index in [2.05, 4.69) is 48.5 Å². The second-order valence-electron chi connectivity index (χ2n) is 8.65. The molecule has 0 aliphatic carbocycles. The van der Waals surface area contributed by atoms with Gasteiger partial charge < -0.3 is 0 Å². The van der Waals surface area contributed by atoms with Crippen LogP contribution in [0.25, 0.3) is 0 Å². The Hall–Kier alpha value is 0.719. The summed E-state index contributed by atoms with van der Waals surface area (Å²) in [4.78, 5) is 0. The van der Waals surface area contributed by atoms with Crippen LogP contribution in [0.4, 0.5) is 0 Å². The van der Waals surface area contributed by atoms with Crippen LogP contribution in [0.1, 0.15) is 87.0 Å². The molecular formula is C20H42O2Sn. The van der Waals surface area contributed by atoms with Crippen LogP contribution >= 0.6 is 0 Å². The van der Waals surface area contributed by atoms with Gasteiger partial charge in [-0.2, -0.15) is 0 Å².